The van der Waals surface area contributed by atoms with E-state index in [-0.39, 0.29) is 42.6 Å². The molecule has 2 atom stereocenters. The molecule has 358 valence electrons. The summed E-state index contributed by atoms with van der Waals surface area (Å²) in [6.07, 6.45) is 28.1. The van der Waals surface area contributed by atoms with Crippen molar-refractivity contribution < 1.29 is 48.1 Å². The number of carbonyl (C=O) groups is 6. The van der Waals surface area contributed by atoms with Crippen LogP contribution in [0, 0.1) is 11.8 Å². The van der Waals surface area contributed by atoms with E-state index >= 15 is 0 Å². The van der Waals surface area contributed by atoms with Crippen molar-refractivity contribution in [3.05, 3.63) is 0 Å². The molecule has 62 heavy (non-hydrogen) atoms. The van der Waals surface area contributed by atoms with Gasteiger partial charge in [-0.25, -0.2) is 0 Å². The Kier molecular flexibility index (Phi) is 43.1. The molecule has 0 saturated heterocycles. The number of ketones is 2. The first kappa shape index (κ1) is 59.4. The summed E-state index contributed by atoms with van der Waals surface area (Å²) >= 11 is 0. The van der Waals surface area contributed by atoms with Crippen LogP contribution >= 0.6 is 0 Å². The van der Waals surface area contributed by atoms with Crippen molar-refractivity contribution in [1.82, 2.24) is 10.6 Å². The SMILES string of the molecule is CBBC(=O)[C@@H](C)CCCCNC(=O)COCCCCCCCCC(=O)COCCOCCNC(=O)CC[C@@H](C)CC(=O)CCCCCCCCCCCCCCCCC(=O)O. The Balaban J connectivity index is 3.47. The summed E-state index contributed by atoms with van der Waals surface area (Å²) in [5.41, 5.74) is 0.334. The molecule has 0 rings (SSSR count). The molecule has 0 aromatic carbocycles. The van der Waals surface area contributed by atoms with Crippen LogP contribution in [0.15, 0.2) is 0 Å². The first-order valence-corrected chi connectivity index (χ1v) is 25.1. The molecular weight excluding hydrogens is 786 g/mol. The van der Waals surface area contributed by atoms with E-state index in [4.69, 9.17) is 19.3 Å². The van der Waals surface area contributed by atoms with Crippen molar-refractivity contribution in [1.29, 1.82) is 0 Å². The predicted octanol–water partition coefficient (Wildman–Crippen LogP) is 8.44. The normalized spacial score (nSPS) is 12.1. The minimum atomic E-state index is -0.690. The van der Waals surface area contributed by atoms with Crippen molar-refractivity contribution >= 4 is 49.4 Å². The molecule has 14 heteroatoms. The number of rotatable bonds is 49. The lowest BCUT2D eigenvalue weighted by Crippen LogP contribution is -2.29. The number of hydrogen-bond donors (Lipinski definition) is 3. The Labute approximate surface area is 378 Å². The lowest BCUT2D eigenvalue weighted by atomic mass is 9.37. The number of aliphatic carboxylic acids is 1. The standard InChI is InChI=1S/C48H90B2N2O10/c1-41(38-43(53)27-20-16-12-10-8-6-4-5-7-9-11-13-18-22-29-47(57)58)30-31-45(55)52-33-35-60-36-37-62-39-44(54)28-21-17-14-15-19-25-34-61-40-46(56)51-32-24-23-26-42(2)48(59)50-49-3/h41-42,49-50H,4-40H2,1-3H3,(H,51,56)(H,52,55)(H,57,58)/t41-,42+/m1/s1. The molecule has 0 aliphatic heterocycles. The molecule has 0 spiro atoms. The fourth-order valence-electron chi connectivity index (χ4n) is 7.43. The van der Waals surface area contributed by atoms with Gasteiger partial charge in [0.1, 0.15) is 19.0 Å². The van der Waals surface area contributed by atoms with Crippen molar-refractivity contribution in [3.8, 4) is 0 Å². The van der Waals surface area contributed by atoms with Crippen LogP contribution in [-0.2, 0) is 43.0 Å². The van der Waals surface area contributed by atoms with Gasteiger partial charge >= 0.3 is 5.97 Å². The summed E-state index contributed by atoms with van der Waals surface area (Å²) < 4.78 is 16.5. The second kappa shape index (κ2) is 45.0. The summed E-state index contributed by atoms with van der Waals surface area (Å²) in [6, 6.07) is 0. The number of carboxylic acid groups (broad SMARTS) is 1. The molecule has 0 aromatic heterocycles. The Bertz CT molecular complexity index is 1150. The zero-order valence-corrected chi connectivity index (χ0v) is 39.9. The van der Waals surface area contributed by atoms with Crippen LogP contribution in [0.2, 0.25) is 6.82 Å². The van der Waals surface area contributed by atoms with Gasteiger partial charge in [-0.15, -0.1) is 0 Å². The molecule has 0 fully saturated rings. The highest BCUT2D eigenvalue weighted by molar-refractivity contribution is 7.15. The van der Waals surface area contributed by atoms with Crippen LogP contribution < -0.4 is 10.6 Å². The van der Waals surface area contributed by atoms with Crippen LogP contribution in [0.4, 0.5) is 0 Å². The summed E-state index contributed by atoms with van der Waals surface area (Å²) in [7, 11) is 1.55. The van der Waals surface area contributed by atoms with E-state index in [1.54, 1.807) is 0 Å². The van der Waals surface area contributed by atoms with Gasteiger partial charge in [-0.2, -0.15) is 0 Å². The van der Waals surface area contributed by atoms with Gasteiger partial charge in [0.15, 0.2) is 13.0 Å². The smallest absolute Gasteiger partial charge is 0.303 e. The number of carboxylic acids is 1. The molecule has 0 aliphatic rings. The van der Waals surface area contributed by atoms with E-state index in [0.717, 1.165) is 97.1 Å². The van der Waals surface area contributed by atoms with Gasteiger partial charge in [0.25, 0.3) is 0 Å². The van der Waals surface area contributed by atoms with Crippen LogP contribution in [0.25, 0.3) is 0 Å². The van der Waals surface area contributed by atoms with Gasteiger partial charge in [0.2, 0.25) is 11.8 Å². The second-order valence-corrected chi connectivity index (χ2v) is 17.7. The third kappa shape index (κ3) is 44.1. The van der Waals surface area contributed by atoms with Gasteiger partial charge in [-0.05, 0) is 50.9 Å². The van der Waals surface area contributed by atoms with E-state index in [1.807, 2.05) is 20.7 Å². The largest absolute Gasteiger partial charge is 0.481 e. The number of hydrogen-bond acceptors (Lipinski definition) is 9. The van der Waals surface area contributed by atoms with Crippen LogP contribution in [0.1, 0.15) is 200 Å². The summed E-state index contributed by atoms with van der Waals surface area (Å²) in [4.78, 5) is 71.1. The van der Waals surface area contributed by atoms with Gasteiger partial charge in [-0.1, -0.05) is 130 Å². The summed E-state index contributed by atoms with van der Waals surface area (Å²) in [5, 5.41) is 14.4. The Morgan fingerprint density at radius 1 is 0.484 bits per heavy atom. The molecule has 2 amide bonds. The third-order valence-corrected chi connectivity index (χ3v) is 11.4. The molecule has 12 nitrogen and oxygen atoms in total. The molecule has 0 aliphatic carbocycles. The molecule has 0 heterocycles. The molecule has 0 bridgehead atoms. The second-order valence-electron chi connectivity index (χ2n) is 17.7. The maximum atomic E-state index is 12.4. The fraction of sp³-hybridized carbons (Fsp3) is 0.875. The van der Waals surface area contributed by atoms with Gasteiger partial charge in [-0.3, -0.25) is 24.0 Å². The van der Waals surface area contributed by atoms with E-state index in [0.29, 0.717) is 96.7 Å². The Morgan fingerprint density at radius 2 is 0.984 bits per heavy atom. The minimum Gasteiger partial charge on any atom is -0.481 e. The summed E-state index contributed by atoms with van der Waals surface area (Å²) in [5.74, 6) is -0.122. The molecule has 0 aromatic rings. The topological polar surface area (TPSA) is 174 Å². The van der Waals surface area contributed by atoms with Crippen molar-refractivity contribution in [2.45, 2.75) is 207 Å². The number of carbonyl (C=O) groups excluding carboxylic acids is 5. The van der Waals surface area contributed by atoms with Crippen molar-refractivity contribution in [2.75, 3.05) is 52.7 Å². The number of Topliss-reactive ketones (excluding diaryl/α,β-unsaturated/α-hetero) is 2. The average molecular weight is 877 g/mol. The first-order chi connectivity index (χ1) is 30.0. The van der Waals surface area contributed by atoms with Gasteiger partial charge in [0.05, 0.1) is 32.7 Å². The van der Waals surface area contributed by atoms with Crippen LogP contribution in [-0.4, -0.2) is 107 Å². The predicted molar refractivity (Wildman–Crippen MR) is 254 cm³/mol. The zero-order chi connectivity index (χ0) is 45.7. The lowest BCUT2D eigenvalue weighted by molar-refractivity contribution is -0.137. The van der Waals surface area contributed by atoms with Crippen LogP contribution in [0.3, 0.4) is 0 Å². The Morgan fingerprint density at radius 3 is 1.56 bits per heavy atom. The van der Waals surface area contributed by atoms with Crippen molar-refractivity contribution in [2.24, 2.45) is 11.8 Å². The number of amides is 2. The van der Waals surface area contributed by atoms with Gasteiger partial charge < -0.3 is 34.7 Å². The first-order valence-electron chi connectivity index (χ1n) is 25.1. The highest BCUT2D eigenvalue weighted by Gasteiger charge is 2.13. The third-order valence-electron chi connectivity index (χ3n) is 11.4. The Hall–Kier alpha value is -2.57. The molecule has 0 radical (unpaired) electrons. The average Bonchev–Trinajstić information content (AvgIpc) is 3.24. The van der Waals surface area contributed by atoms with Crippen molar-refractivity contribution in [3.63, 3.8) is 0 Å². The quantitative estimate of drug-likeness (QED) is 0.0398. The number of nitrogens with one attached hydrogen (secondary N) is 2. The van der Waals surface area contributed by atoms with E-state index in [9.17, 15) is 28.8 Å². The zero-order valence-electron chi connectivity index (χ0n) is 39.9. The molecule has 0 unspecified atom stereocenters. The van der Waals surface area contributed by atoms with E-state index < -0.39 is 5.97 Å². The maximum Gasteiger partial charge on any atom is 0.303 e. The lowest BCUT2D eigenvalue weighted by Gasteiger charge is -2.11. The maximum absolute atomic E-state index is 12.4. The highest BCUT2D eigenvalue weighted by Crippen LogP contribution is 2.16. The molecule has 0 saturated carbocycles. The minimum absolute atomic E-state index is 0.0308. The molecule has 3 N–H and O–H groups in total. The fourth-order valence-corrected chi connectivity index (χ4v) is 7.43. The van der Waals surface area contributed by atoms with E-state index in [2.05, 4.69) is 10.6 Å². The van der Waals surface area contributed by atoms with Gasteiger partial charge in [0, 0.05) is 57.7 Å². The monoisotopic (exact) mass is 877 g/mol. The number of ether oxygens (including phenoxy) is 3. The summed E-state index contributed by atoms with van der Waals surface area (Å²) in [6.45, 7) is 8.90. The highest BCUT2D eigenvalue weighted by atomic mass is 16.5. The molecular formula is C48H90B2N2O10. The van der Waals surface area contributed by atoms with Crippen LogP contribution in [0.5, 0.6) is 0 Å². The number of unbranched alkanes of at least 4 members (excludes halogenated alkanes) is 19. The van der Waals surface area contributed by atoms with E-state index in [1.165, 1.54) is 57.8 Å².